The summed E-state index contributed by atoms with van der Waals surface area (Å²) >= 11 is 5.88. The highest BCUT2D eigenvalue weighted by Gasteiger charge is 2.28. The van der Waals surface area contributed by atoms with E-state index in [0.717, 1.165) is 0 Å². The van der Waals surface area contributed by atoms with E-state index in [9.17, 15) is 9.90 Å². The second-order valence-electron chi connectivity index (χ2n) is 4.18. The van der Waals surface area contributed by atoms with E-state index in [4.69, 9.17) is 16.3 Å². The molecule has 6 heteroatoms. The first-order valence-corrected chi connectivity index (χ1v) is 6.04. The van der Waals surface area contributed by atoms with Crippen LogP contribution < -0.4 is 15.4 Å². The Balaban J connectivity index is 2.09. The third-order valence-corrected chi connectivity index (χ3v) is 3.08. The number of aliphatic hydroxyl groups is 1. The molecule has 0 aliphatic carbocycles. The van der Waals surface area contributed by atoms with Crippen molar-refractivity contribution in [2.45, 2.75) is 18.6 Å². The van der Waals surface area contributed by atoms with Crippen molar-refractivity contribution in [3.8, 4) is 5.75 Å². The molecule has 1 aliphatic rings. The molecular weight excluding hydrogens is 256 g/mol. The van der Waals surface area contributed by atoms with Crippen LogP contribution in [0.1, 0.15) is 6.42 Å². The number of aliphatic hydroxyl groups excluding tert-OH is 1. The summed E-state index contributed by atoms with van der Waals surface area (Å²) in [4.78, 5) is 12.0. The van der Waals surface area contributed by atoms with Gasteiger partial charge in [0.1, 0.15) is 5.75 Å². The predicted octanol–water partition coefficient (Wildman–Crippen LogP) is 1.01. The molecule has 2 unspecified atom stereocenters. The van der Waals surface area contributed by atoms with Crippen molar-refractivity contribution in [1.82, 2.24) is 5.32 Å². The lowest BCUT2D eigenvalue weighted by Crippen LogP contribution is -2.35. The maximum atomic E-state index is 12.0. The minimum Gasteiger partial charge on any atom is -0.495 e. The number of nitrogens with one attached hydrogen (secondary N) is 2. The number of hydrogen-bond acceptors (Lipinski definition) is 4. The Labute approximate surface area is 110 Å². The van der Waals surface area contributed by atoms with E-state index in [1.165, 1.54) is 7.11 Å². The standard InChI is InChI=1S/C12H15ClN2O3/c1-18-11-3-2-7(13)4-9(11)15-12(17)10-5-8(16)6-14-10/h2-4,8,10,14,16H,5-6H2,1H3,(H,15,17). The molecule has 0 saturated carbocycles. The van der Waals surface area contributed by atoms with E-state index in [1.54, 1.807) is 18.2 Å². The fourth-order valence-electron chi connectivity index (χ4n) is 1.91. The van der Waals surface area contributed by atoms with Crippen molar-refractivity contribution in [1.29, 1.82) is 0 Å². The Bertz CT molecular complexity index is 453. The van der Waals surface area contributed by atoms with Gasteiger partial charge in [0.15, 0.2) is 0 Å². The zero-order chi connectivity index (χ0) is 13.1. The van der Waals surface area contributed by atoms with Crippen molar-refractivity contribution >= 4 is 23.2 Å². The van der Waals surface area contributed by atoms with Gasteiger partial charge in [0.05, 0.1) is 24.9 Å². The second kappa shape index (κ2) is 5.56. The number of anilines is 1. The molecular formula is C12H15ClN2O3. The fraction of sp³-hybridized carbons (Fsp3) is 0.417. The molecule has 1 aromatic rings. The minimum atomic E-state index is -0.470. The van der Waals surface area contributed by atoms with Gasteiger partial charge in [-0.15, -0.1) is 0 Å². The average molecular weight is 271 g/mol. The zero-order valence-electron chi connectivity index (χ0n) is 9.94. The highest BCUT2D eigenvalue weighted by molar-refractivity contribution is 6.31. The third-order valence-electron chi connectivity index (χ3n) is 2.84. The Morgan fingerprint density at radius 1 is 1.61 bits per heavy atom. The number of rotatable bonds is 3. The van der Waals surface area contributed by atoms with E-state index < -0.39 is 6.10 Å². The maximum absolute atomic E-state index is 12.0. The number of ether oxygens (including phenoxy) is 1. The van der Waals surface area contributed by atoms with Gasteiger partial charge in [-0.1, -0.05) is 11.6 Å². The van der Waals surface area contributed by atoms with Crippen molar-refractivity contribution in [3.05, 3.63) is 23.2 Å². The summed E-state index contributed by atoms with van der Waals surface area (Å²) in [6.07, 6.45) is -0.0589. The number of hydrogen-bond donors (Lipinski definition) is 3. The highest BCUT2D eigenvalue weighted by Crippen LogP contribution is 2.28. The topological polar surface area (TPSA) is 70.6 Å². The summed E-state index contributed by atoms with van der Waals surface area (Å²) < 4.78 is 5.14. The van der Waals surface area contributed by atoms with Gasteiger partial charge in [-0.2, -0.15) is 0 Å². The lowest BCUT2D eigenvalue weighted by molar-refractivity contribution is -0.117. The summed E-state index contributed by atoms with van der Waals surface area (Å²) in [5.41, 5.74) is 0.526. The third kappa shape index (κ3) is 2.93. The summed E-state index contributed by atoms with van der Waals surface area (Å²) in [5.74, 6) is 0.346. The summed E-state index contributed by atoms with van der Waals surface area (Å²) in [5, 5.41) is 15.6. The van der Waals surface area contributed by atoms with Crippen molar-refractivity contribution in [2.75, 3.05) is 19.0 Å². The van der Waals surface area contributed by atoms with Crippen LogP contribution in [-0.2, 0) is 4.79 Å². The van der Waals surface area contributed by atoms with Crippen molar-refractivity contribution in [2.24, 2.45) is 0 Å². The van der Waals surface area contributed by atoms with E-state index >= 15 is 0 Å². The normalized spacial score (nSPS) is 22.8. The van der Waals surface area contributed by atoms with Gasteiger partial charge < -0.3 is 20.5 Å². The van der Waals surface area contributed by atoms with E-state index in [2.05, 4.69) is 10.6 Å². The van der Waals surface area contributed by atoms with E-state index in [0.29, 0.717) is 29.4 Å². The van der Waals surface area contributed by atoms with Gasteiger partial charge in [-0.25, -0.2) is 0 Å². The molecule has 0 bridgehead atoms. The van der Waals surface area contributed by atoms with Crippen LogP contribution in [0.25, 0.3) is 0 Å². The van der Waals surface area contributed by atoms with Crippen LogP contribution in [0.3, 0.4) is 0 Å². The van der Waals surface area contributed by atoms with Gasteiger partial charge in [0.25, 0.3) is 0 Å². The Kier molecular flexibility index (Phi) is 4.06. The number of β-amino-alcohol motifs (C(OH)–C–C–N with tert-alkyl or cyclic N) is 1. The molecule has 3 N–H and O–H groups in total. The highest BCUT2D eigenvalue weighted by atomic mass is 35.5. The molecule has 2 rings (SSSR count). The van der Waals surface area contributed by atoms with Crippen LogP contribution >= 0.6 is 11.6 Å². The second-order valence-corrected chi connectivity index (χ2v) is 4.62. The number of carbonyl (C=O) groups excluding carboxylic acids is 1. The lowest BCUT2D eigenvalue weighted by Gasteiger charge is -2.13. The molecule has 2 atom stereocenters. The van der Waals surface area contributed by atoms with E-state index in [-0.39, 0.29) is 11.9 Å². The molecule has 0 radical (unpaired) electrons. The number of carbonyl (C=O) groups is 1. The minimum absolute atomic E-state index is 0.202. The number of methoxy groups -OCH3 is 1. The zero-order valence-corrected chi connectivity index (χ0v) is 10.7. The first-order valence-electron chi connectivity index (χ1n) is 5.66. The molecule has 1 saturated heterocycles. The molecule has 5 nitrogen and oxygen atoms in total. The van der Waals surface area contributed by atoms with Crippen molar-refractivity contribution in [3.63, 3.8) is 0 Å². The molecule has 98 valence electrons. The molecule has 1 aliphatic heterocycles. The molecule has 0 aromatic heterocycles. The van der Waals surface area contributed by atoms with Crippen LogP contribution in [0.15, 0.2) is 18.2 Å². The number of halogens is 1. The monoisotopic (exact) mass is 270 g/mol. The first kappa shape index (κ1) is 13.1. The Hall–Kier alpha value is -1.30. The van der Waals surface area contributed by atoms with Crippen LogP contribution in [0.2, 0.25) is 5.02 Å². The van der Waals surface area contributed by atoms with Gasteiger partial charge >= 0.3 is 0 Å². The quantitative estimate of drug-likeness (QED) is 0.767. The predicted molar refractivity (Wildman–Crippen MR) is 69.0 cm³/mol. The van der Waals surface area contributed by atoms with Gasteiger partial charge in [0.2, 0.25) is 5.91 Å². The summed E-state index contributed by atoms with van der Waals surface area (Å²) in [6, 6.07) is 4.62. The molecule has 1 fully saturated rings. The van der Waals surface area contributed by atoms with Gasteiger partial charge in [0, 0.05) is 11.6 Å². The Morgan fingerprint density at radius 3 is 3.00 bits per heavy atom. The fourth-order valence-corrected chi connectivity index (χ4v) is 2.09. The van der Waals surface area contributed by atoms with Gasteiger partial charge in [-0.05, 0) is 24.6 Å². The molecule has 1 aromatic carbocycles. The number of benzene rings is 1. The SMILES string of the molecule is COc1ccc(Cl)cc1NC(=O)C1CC(O)CN1. The van der Waals surface area contributed by atoms with Gasteiger partial charge in [-0.3, -0.25) is 4.79 Å². The smallest absolute Gasteiger partial charge is 0.241 e. The van der Waals surface area contributed by atoms with Crippen LogP contribution in [-0.4, -0.2) is 36.8 Å². The van der Waals surface area contributed by atoms with Crippen LogP contribution in [0.5, 0.6) is 5.75 Å². The van der Waals surface area contributed by atoms with Crippen LogP contribution in [0, 0.1) is 0 Å². The van der Waals surface area contributed by atoms with Crippen molar-refractivity contribution < 1.29 is 14.6 Å². The summed E-state index contributed by atoms with van der Waals surface area (Å²) in [7, 11) is 1.52. The number of amides is 1. The molecule has 0 spiro atoms. The largest absolute Gasteiger partial charge is 0.495 e. The average Bonchev–Trinajstić information content (AvgIpc) is 2.76. The Morgan fingerprint density at radius 2 is 2.39 bits per heavy atom. The van der Waals surface area contributed by atoms with Crippen LogP contribution in [0.4, 0.5) is 5.69 Å². The molecule has 18 heavy (non-hydrogen) atoms. The molecule has 1 amide bonds. The maximum Gasteiger partial charge on any atom is 0.241 e. The first-order chi connectivity index (χ1) is 8.60. The molecule has 1 heterocycles. The van der Waals surface area contributed by atoms with E-state index in [1.807, 2.05) is 0 Å². The summed E-state index contributed by atoms with van der Waals surface area (Å²) in [6.45, 7) is 0.435. The lowest BCUT2D eigenvalue weighted by atomic mass is 10.2.